The van der Waals surface area contributed by atoms with E-state index in [9.17, 15) is 10.1 Å². The Labute approximate surface area is 104 Å². The molecular weight excluding hydrogens is 242 g/mol. The average molecular weight is 257 g/mol. The third-order valence-corrected chi connectivity index (χ3v) is 2.08. The van der Waals surface area contributed by atoms with Crippen molar-refractivity contribution in [2.45, 2.75) is 0 Å². The maximum Gasteiger partial charge on any atom is 0.314 e. The minimum atomic E-state index is -0.535. The topological polar surface area (TPSA) is 91.1 Å². The van der Waals surface area contributed by atoms with E-state index in [4.69, 9.17) is 19.3 Å². The number of rotatable bonds is 8. The lowest BCUT2D eigenvalue weighted by molar-refractivity contribution is -0.386. The van der Waals surface area contributed by atoms with Crippen molar-refractivity contribution in [2.24, 2.45) is 0 Å². The molecule has 18 heavy (non-hydrogen) atoms. The lowest BCUT2D eigenvalue weighted by atomic mass is 10.3. The Hall–Kier alpha value is -1.86. The number of nitrogens with zero attached hydrogens (tertiary/aromatic N) is 1. The lowest BCUT2D eigenvalue weighted by Crippen LogP contribution is -2.09. The van der Waals surface area contributed by atoms with Gasteiger partial charge in [-0.2, -0.15) is 0 Å². The number of nitro groups is 1. The maximum absolute atomic E-state index is 10.8. The standard InChI is InChI=1S/C11H15NO6/c1-16-9-2-3-11(10(8-9)12(14)15)18-7-6-17-5-4-13/h2-3,8,13H,4-7H2,1H3. The first-order valence-electron chi connectivity index (χ1n) is 5.33. The van der Waals surface area contributed by atoms with Gasteiger partial charge in [-0.3, -0.25) is 10.1 Å². The fraction of sp³-hybridized carbons (Fsp3) is 0.455. The molecule has 0 bridgehead atoms. The van der Waals surface area contributed by atoms with E-state index in [1.807, 2.05) is 0 Å². The zero-order chi connectivity index (χ0) is 13.4. The molecule has 7 heteroatoms. The van der Waals surface area contributed by atoms with Gasteiger partial charge in [-0.15, -0.1) is 0 Å². The molecular formula is C11H15NO6. The number of aliphatic hydroxyl groups is 1. The summed E-state index contributed by atoms with van der Waals surface area (Å²) in [6.07, 6.45) is 0. The van der Waals surface area contributed by atoms with Gasteiger partial charge < -0.3 is 19.3 Å². The Kier molecular flexibility index (Phi) is 5.89. The van der Waals surface area contributed by atoms with Gasteiger partial charge in [0.15, 0.2) is 5.75 Å². The summed E-state index contributed by atoms with van der Waals surface area (Å²) in [5.41, 5.74) is -0.156. The molecule has 0 aliphatic heterocycles. The molecule has 0 amide bonds. The van der Waals surface area contributed by atoms with Crippen LogP contribution >= 0.6 is 0 Å². The van der Waals surface area contributed by atoms with E-state index >= 15 is 0 Å². The number of ether oxygens (including phenoxy) is 3. The molecule has 0 aromatic heterocycles. The number of hydrogen-bond donors (Lipinski definition) is 1. The number of nitro benzene ring substituents is 1. The molecule has 1 rings (SSSR count). The Morgan fingerprint density at radius 1 is 1.33 bits per heavy atom. The van der Waals surface area contributed by atoms with Crippen molar-refractivity contribution in [3.8, 4) is 11.5 Å². The van der Waals surface area contributed by atoms with Crippen LogP contribution in [0.5, 0.6) is 11.5 Å². The van der Waals surface area contributed by atoms with Gasteiger partial charge in [-0.1, -0.05) is 0 Å². The summed E-state index contributed by atoms with van der Waals surface area (Å²) in [6, 6.07) is 4.35. The monoisotopic (exact) mass is 257 g/mol. The van der Waals surface area contributed by atoms with Crippen LogP contribution in [-0.4, -0.2) is 43.6 Å². The van der Waals surface area contributed by atoms with E-state index in [1.165, 1.54) is 19.2 Å². The van der Waals surface area contributed by atoms with Gasteiger partial charge in [0.2, 0.25) is 0 Å². The predicted octanol–water partition coefficient (Wildman–Crippen LogP) is 0.991. The molecule has 0 saturated heterocycles. The van der Waals surface area contributed by atoms with Gasteiger partial charge in [-0.25, -0.2) is 0 Å². The molecule has 100 valence electrons. The highest BCUT2D eigenvalue weighted by Crippen LogP contribution is 2.30. The third-order valence-electron chi connectivity index (χ3n) is 2.08. The first-order chi connectivity index (χ1) is 8.69. The van der Waals surface area contributed by atoms with Crippen LogP contribution in [0.3, 0.4) is 0 Å². The smallest absolute Gasteiger partial charge is 0.314 e. The summed E-state index contributed by atoms with van der Waals surface area (Å²) in [7, 11) is 1.43. The van der Waals surface area contributed by atoms with Crippen LogP contribution in [0.25, 0.3) is 0 Å². The van der Waals surface area contributed by atoms with Crippen molar-refractivity contribution in [1.82, 2.24) is 0 Å². The molecule has 0 saturated carbocycles. The van der Waals surface area contributed by atoms with E-state index in [-0.39, 0.29) is 37.9 Å². The molecule has 0 radical (unpaired) electrons. The van der Waals surface area contributed by atoms with Crippen molar-refractivity contribution in [3.63, 3.8) is 0 Å². The van der Waals surface area contributed by atoms with Gasteiger partial charge in [0.05, 0.1) is 37.9 Å². The molecule has 0 fully saturated rings. The maximum atomic E-state index is 10.8. The van der Waals surface area contributed by atoms with Crippen molar-refractivity contribution in [1.29, 1.82) is 0 Å². The highest BCUT2D eigenvalue weighted by molar-refractivity contribution is 5.50. The van der Waals surface area contributed by atoms with Crippen LogP contribution in [0.1, 0.15) is 0 Å². The van der Waals surface area contributed by atoms with Gasteiger partial charge in [0.25, 0.3) is 0 Å². The minimum absolute atomic E-state index is 0.0668. The van der Waals surface area contributed by atoms with E-state index < -0.39 is 4.92 Å². The van der Waals surface area contributed by atoms with E-state index in [0.717, 1.165) is 0 Å². The molecule has 0 spiro atoms. The van der Waals surface area contributed by atoms with E-state index in [2.05, 4.69) is 0 Å². The summed E-state index contributed by atoms with van der Waals surface area (Å²) < 4.78 is 15.1. The summed E-state index contributed by atoms with van der Waals surface area (Å²) in [5.74, 6) is 0.555. The van der Waals surface area contributed by atoms with Crippen molar-refractivity contribution >= 4 is 5.69 Å². The summed E-state index contributed by atoms with van der Waals surface area (Å²) in [5, 5.41) is 19.3. The summed E-state index contributed by atoms with van der Waals surface area (Å²) >= 11 is 0. The Morgan fingerprint density at radius 2 is 2.11 bits per heavy atom. The summed E-state index contributed by atoms with van der Waals surface area (Å²) in [6.45, 7) is 0.577. The highest BCUT2D eigenvalue weighted by atomic mass is 16.6. The van der Waals surface area contributed by atoms with Gasteiger partial charge in [0, 0.05) is 0 Å². The zero-order valence-electron chi connectivity index (χ0n) is 10.00. The molecule has 0 aliphatic carbocycles. The minimum Gasteiger partial charge on any atom is -0.496 e. The van der Waals surface area contributed by atoms with Crippen LogP contribution < -0.4 is 9.47 Å². The third kappa shape index (κ3) is 4.19. The molecule has 0 unspecified atom stereocenters. The quantitative estimate of drug-likeness (QED) is 0.424. The Balaban J connectivity index is 2.61. The molecule has 1 N–H and O–H groups in total. The largest absolute Gasteiger partial charge is 0.496 e. The summed E-state index contributed by atoms with van der Waals surface area (Å²) in [4.78, 5) is 10.3. The molecule has 0 atom stereocenters. The van der Waals surface area contributed by atoms with E-state index in [1.54, 1.807) is 6.07 Å². The van der Waals surface area contributed by atoms with Crippen molar-refractivity contribution < 1.29 is 24.2 Å². The number of benzene rings is 1. The number of hydrogen-bond acceptors (Lipinski definition) is 6. The van der Waals surface area contributed by atoms with Crippen LogP contribution in [0, 0.1) is 10.1 Å². The number of methoxy groups -OCH3 is 1. The van der Waals surface area contributed by atoms with Crippen LogP contribution in [-0.2, 0) is 4.74 Å². The number of aliphatic hydroxyl groups excluding tert-OH is 1. The predicted molar refractivity (Wildman–Crippen MR) is 63.0 cm³/mol. The van der Waals surface area contributed by atoms with Gasteiger partial charge in [0.1, 0.15) is 12.4 Å². The molecule has 0 heterocycles. The first kappa shape index (κ1) is 14.2. The highest BCUT2D eigenvalue weighted by Gasteiger charge is 2.16. The second-order valence-corrected chi connectivity index (χ2v) is 3.28. The van der Waals surface area contributed by atoms with Crippen LogP contribution in [0.2, 0.25) is 0 Å². The van der Waals surface area contributed by atoms with Crippen LogP contribution in [0.15, 0.2) is 18.2 Å². The molecule has 7 nitrogen and oxygen atoms in total. The average Bonchev–Trinajstić information content (AvgIpc) is 2.38. The normalized spacial score (nSPS) is 10.1. The van der Waals surface area contributed by atoms with Gasteiger partial charge >= 0.3 is 5.69 Å². The van der Waals surface area contributed by atoms with Crippen LogP contribution in [0.4, 0.5) is 5.69 Å². The Bertz CT molecular complexity index is 395. The SMILES string of the molecule is COc1ccc(OCCOCCO)c([N+](=O)[O-])c1. The second kappa shape index (κ2) is 7.46. The Morgan fingerprint density at radius 3 is 2.72 bits per heavy atom. The van der Waals surface area contributed by atoms with Gasteiger partial charge in [-0.05, 0) is 12.1 Å². The van der Waals surface area contributed by atoms with Crippen molar-refractivity contribution in [2.75, 3.05) is 33.5 Å². The fourth-order valence-electron chi connectivity index (χ4n) is 1.27. The lowest BCUT2D eigenvalue weighted by Gasteiger charge is -2.08. The fourth-order valence-corrected chi connectivity index (χ4v) is 1.27. The molecule has 1 aromatic rings. The zero-order valence-corrected chi connectivity index (χ0v) is 10.00. The molecule has 0 aliphatic rings. The molecule has 1 aromatic carbocycles. The van der Waals surface area contributed by atoms with E-state index in [0.29, 0.717) is 5.75 Å². The van der Waals surface area contributed by atoms with Crippen molar-refractivity contribution in [3.05, 3.63) is 28.3 Å². The second-order valence-electron chi connectivity index (χ2n) is 3.28. The first-order valence-corrected chi connectivity index (χ1v) is 5.33.